The molecule has 0 fully saturated rings. The zero-order valence-corrected chi connectivity index (χ0v) is 18.8. The first-order valence-corrected chi connectivity index (χ1v) is 11.1. The van der Waals surface area contributed by atoms with E-state index in [0.717, 1.165) is 41.7 Å². The number of aromatic nitrogens is 4. The average molecular weight is 415 g/mol. The first-order chi connectivity index (χ1) is 13.7. The van der Waals surface area contributed by atoms with Gasteiger partial charge in [-0.3, -0.25) is 4.79 Å². The Morgan fingerprint density at radius 1 is 1.38 bits per heavy atom. The number of hydrogen-bond acceptors (Lipinski definition) is 6. The Balaban J connectivity index is 1.61. The summed E-state index contributed by atoms with van der Waals surface area (Å²) in [4.78, 5) is 26.2. The summed E-state index contributed by atoms with van der Waals surface area (Å²) in [7, 11) is 4.05. The van der Waals surface area contributed by atoms with Gasteiger partial charge in [-0.1, -0.05) is 20.8 Å². The summed E-state index contributed by atoms with van der Waals surface area (Å²) in [5.74, 6) is 0.672. The van der Waals surface area contributed by atoms with E-state index < -0.39 is 0 Å². The molecule has 29 heavy (non-hydrogen) atoms. The average Bonchev–Trinajstić information content (AvgIpc) is 3.24. The van der Waals surface area contributed by atoms with E-state index in [9.17, 15) is 4.79 Å². The summed E-state index contributed by atoms with van der Waals surface area (Å²) in [6.45, 7) is 8.53. The fourth-order valence-electron chi connectivity index (χ4n) is 4.09. The molecule has 1 amide bonds. The van der Waals surface area contributed by atoms with Crippen molar-refractivity contribution in [1.82, 2.24) is 29.8 Å². The Morgan fingerprint density at radius 2 is 2.17 bits per heavy atom. The van der Waals surface area contributed by atoms with Crippen molar-refractivity contribution in [3.8, 4) is 0 Å². The molecule has 0 saturated heterocycles. The van der Waals surface area contributed by atoms with Crippen LogP contribution in [0.25, 0.3) is 15.9 Å². The van der Waals surface area contributed by atoms with Gasteiger partial charge in [0.2, 0.25) is 5.82 Å². The Kier molecular flexibility index (Phi) is 5.33. The molecule has 3 aromatic rings. The molecule has 1 aliphatic rings. The van der Waals surface area contributed by atoms with E-state index in [1.165, 1.54) is 16.9 Å². The molecule has 4 rings (SSSR count). The van der Waals surface area contributed by atoms with E-state index in [2.05, 4.69) is 46.1 Å². The molecule has 1 atom stereocenters. The number of hydrogen-bond donors (Lipinski definition) is 1. The molecule has 0 spiro atoms. The van der Waals surface area contributed by atoms with Crippen LogP contribution in [0.3, 0.4) is 0 Å². The van der Waals surface area contributed by atoms with Gasteiger partial charge in [0, 0.05) is 11.4 Å². The van der Waals surface area contributed by atoms with Crippen LogP contribution < -0.4 is 5.32 Å². The van der Waals surface area contributed by atoms with Crippen molar-refractivity contribution in [2.75, 3.05) is 27.2 Å². The topological polar surface area (TPSA) is 75.4 Å². The zero-order chi connectivity index (χ0) is 20.8. The van der Waals surface area contributed by atoms with Gasteiger partial charge in [-0.15, -0.1) is 16.4 Å². The SMILES string of the molecule is CN(C)CCCNC(=O)c1nc2c3c4c(sc3ncn2n1)CC(C(C)(C)C)CC4. The number of fused-ring (bicyclic) bond motifs is 5. The van der Waals surface area contributed by atoms with Crippen LogP contribution in [0.15, 0.2) is 6.33 Å². The first kappa shape index (κ1) is 20.2. The molecule has 8 heteroatoms. The van der Waals surface area contributed by atoms with Crippen molar-refractivity contribution in [2.45, 2.75) is 46.5 Å². The monoisotopic (exact) mass is 414 g/mol. The molecule has 0 aromatic carbocycles. The number of carbonyl (C=O) groups excluding carboxylic acids is 1. The smallest absolute Gasteiger partial charge is 0.290 e. The van der Waals surface area contributed by atoms with Crippen molar-refractivity contribution in [1.29, 1.82) is 0 Å². The van der Waals surface area contributed by atoms with Crippen molar-refractivity contribution in [3.05, 3.63) is 22.6 Å². The fraction of sp³-hybridized carbons (Fsp3) is 0.619. The molecule has 0 aliphatic heterocycles. The van der Waals surface area contributed by atoms with Crippen LogP contribution in [0.1, 0.15) is 54.7 Å². The molecule has 1 N–H and O–H groups in total. The van der Waals surface area contributed by atoms with Crippen LogP contribution in [0.2, 0.25) is 0 Å². The quantitative estimate of drug-likeness (QED) is 0.649. The van der Waals surface area contributed by atoms with Gasteiger partial charge in [-0.2, -0.15) is 0 Å². The Bertz CT molecular complexity index is 1040. The standard InChI is InChI=1S/C21H30N6OS/c1-21(2,3)13-7-8-14-15(11-13)29-20-16(14)18-24-17(25-27(18)12-23-20)19(28)22-9-6-10-26(4)5/h12-13H,6-11H2,1-5H3,(H,22,28). The van der Waals surface area contributed by atoms with E-state index in [4.69, 9.17) is 0 Å². The van der Waals surface area contributed by atoms with Crippen LogP contribution in [0, 0.1) is 11.3 Å². The van der Waals surface area contributed by atoms with Gasteiger partial charge < -0.3 is 10.2 Å². The Morgan fingerprint density at radius 3 is 2.90 bits per heavy atom. The summed E-state index contributed by atoms with van der Waals surface area (Å²) in [5, 5.41) is 8.39. The van der Waals surface area contributed by atoms with Gasteiger partial charge in [-0.05, 0) is 63.2 Å². The van der Waals surface area contributed by atoms with Gasteiger partial charge in [0.1, 0.15) is 11.2 Å². The van der Waals surface area contributed by atoms with Crippen molar-refractivity contribution < 1.29 is 4.79 Å². The molecular formula is C21H30N6OS. The number of amides is 1. The van der Waals surface area contributed by atoms with Crippen molar-refractivity contribution >= 4 is 33.1 Å². The lowest BCUT2D eigenvalue weighted by molar-refractivity contribution is 0.0942. The number of rotatable bonds is 5. The maximum absolute atomic E-state index is 12.5. The predicted molar refractivity (Wildman–Crippen MR) is 117 cm³/mol. The molecule has 7 nitrogen and oxygen atoms in total. The maximum atomic E-state index is 12.5. The third-order valence-corrected chi connectivity index (χ3v) is 7.04. The van der Waals surface area contributed by atoms with E-state index in [-0.39, 0.29) is 11.7 Å². The Hall–Kier alpha value is -2.06. The summed E-state index contributed by atoms with van der Waals surface area (Å²) in [6.07, 6.45) is 5.88. The molecule has 0 radical (unpaired) electrons. The highest BCUT2D eigenvalue weighted by Crippen LogP contribution is 2.43. The number of thiophene rings is 1. The summed E-state index contributed by atoms with van der Waals surface area (Å²) in [6, 6.07) is 0. The largest absolute Gasteiger partial charge is 0.349 e. The summed E-state index contributed by atoms with van der Waals surface area (Å²) in [5.41, 5.74) is 2.41. The van der Waals surface area contributed by atoms with Crippen molar-refractivity contribution in [2.24, 2.45) is 11.3 Å². The normalized spacial score (nSPS) is 17.2. The minimum atomic E-state index is -0.225. The highest BCUT2D eigenvalue weighted by molar-refractivity contribution is 7.19. The minimum Gasteiger partial charge on any atom is -0.349 e. The third-order valence-electron chi connectivity index (χ3n) is 5.88. The van der Waals surface area contributed by atoms with E-state index in [0.29, 0.717) is 17.9 Å². The number of nitrogens with one attached hydrogen (secondary N) is 1. The van der Waals surface area contributed by atoms with Crippen LogP contribution in [-0.2, 0) is 12.8 Å². The Labute approximate surface area is 175 Å². The van der Waals surface area contributed by atoms with Gasteiger partial charge in [0.15, 0.2) is 5.65 Å². The first-order valence-electron chi connectivity index (χ1n) is 10.3. The maximum Gasteiger partial charge on any atom is 0.290 e. The number of nitrogens with zero attached hydrogens (tertiary/aromatic N) is 5. The summed E-state index contributed by atoms with van der Waals surface area (Å²) >= 11 is 1.77. The zero-order valence-electron chi connectivity index (χ0n) is 17.9. The molecule has 3 heterocycles. The molecule has 3 aromatic heterocycles. The van der Waals surface area contributed by atoms with Crippen molar-refractivity contribution in [3.63, 3.8) is 0 Å². The lowest BCUT2D eigenvalue weighted by atomic mass is 9.72. The van der Waals surface area contributed by atoms with Gasteiger partial charge in [0.05, 0.1) is 5.39 Å². The lowest BCUT2D eigenvalue weighted by Gasteiger charge is -2.33. The molecular weight excluding hydrogens is 384 g/mol. The second-order valence-corrected chi connectivity index (χ2v) is 10.4. The second kappa shape index (κ2) is 7.65. The number of aryl methyl sites for hydroxylation is 1. The second-order valence-electron chi connectivity index (χ2n) is 9.35. The lowest BCUT2D eigenvalue weighted by Crippen LogP contribution is -2.28. The van der Waals surface area contributed by atoms with Gasteiger partial charge >= 0.3 is 0 Å². The number of carbonyl (C=O) groups is 1. The fourth-order valence-corrected chi connectivity index (χ4v) is 5.35. The van der Waals surface area contributed by atoms with Gasteiger partial charge in [-0.25, -0.2) is 14.5 Å². The predicted octanol–water partition coefficient (Wildman–Crippen LogP) is 3.17. The van der Waals surface area contributed by atoms with Crippen LogP contribution in [0.4, 0.5) is 0 Å². The van der Waals surface area contributed by atoms with Crippen LogP contribution in [0.5, 0.6) is 0 Å². The molecule has 0 bridgehead atoms. The highest BCUT2D eigenvalue weighted by atomic mass is 32.1. The summed E-state index contributed by atoms with van der Waals surface area (Å²) < 4.78 is 1.65. The third kappa shape index (κ3) is 4.00. The molecule has 0 saturated carbocycles. The highest BCUT2D eigenvalue weighted by Gasteiger charge is 2.32. The van der Waals surface area contributed by atoms with E-state index in [1.54, 1.807) is 22.2 Å². The molecule has 1 aliphatic carbocycles. The van der Waals surface area contributed by atoms with E-state index in [1.807, 2.05) is 14.1 Å². The molecule has 1 unspecified atom stereocenters. The van der Waals surface area contributed by atoms with Gasteiger partial charge in [0.25, 0.3) is 5.91 Å². The van der Waals surface area contributed by atoms with Crippen LogP contribution >= 0.6 is 11.3 Å². The van der Waals surface area contributed by atoms with E-state index >= 15 is 0 Å². The van der Waals surface area contributed by atoms with Crippen LogP contribution in [-0.4, -0.2) is 57.6 Å². The minimum absolute atomic E-state index is 0.215. The molecule has 156 valence electrons.